The second-order valence-electron chi connectivity index (χ2n) is 3.70. The summed E-state index contributed by atoms with van der Waals surface area (Å²) in [6, 6.07) is 0.580. The Hall–Kier alpha value is -1.63. The van der Waals surface area contributed by atoms with E-state index in [9.17, 15) is 0 Å². The average Bonchev–Trinajstić information content (AvgIpc) is 2.24. The van der Waals surface area contributed by atoms with E-state index in [0.717, 1.165) is 6.54 Å². The maximum absolute atomic E-state index is 5.51. The van der Waals surface area contributed by atoms with E-state index in [2.05, 4.69) is 32.1 Å². The zero-order valence-corrected chi connectivity index (χ0v) is 10.1. The number of anilines is 2. The maximum atomic E-state index is 5.51. The molecule has 0 radical (unpaired) electrons. The van der Waals surface area contributed by atoms with E-state index >= 15 is 0 Å². The van der Waals surface area contributed by atoms with Crippen LogP contribution in [-0.4, -0.2) is 53.6 Å². The number of likely N-dealkylation sites (N-methyl/N-ethyl adjacent to an activating group) is 1. The minimum absolute atomic E-state index is 0.145. The fourth-order valence-corrected chi connectivity index (χ4v) is 0.964. The molecule has 0 aliphatic carbocycles. The zero-order chi connectivity index (χ0) is 12.1. The van der Waals surface area contributed by atoms with Gasteiger partial charge in [0.05, 0.1) is 7.11 Å². The number of nitrogens with one attached hydrogen (secondary N) is 1. The molecule has 7 nitrogen and oxygen atoms in total. The molecule has 3 N–H and O–H groups in total. The highest BCUT2D eigenvalue weighted by Gasteiger charge is 2.07. The van der Waals surface area contributed by atoms with Crippen molar-refractivity contribution in [2.45, 2.75) is 13.0 Å². The van der Waals surface area contributed by atoms with Crippen molar-refractivity contribution in [3.8, 4) is 6.01 Å². The molecule has 0 amide bonds. The molecular weight excluding hydrogens is 208 g/mol. The lowest BCUT2D eigenvalue weighted by atomic mass is 10.3. The lowest BCUT2D eigenvalue weighted by Gasteiger charge is -2.19. The highest BCUT2D eigenvalue weighted by atomic mass is 16.5. The average molecular weight is 226 g/mol. The van der Waals surface area contributed by atoms with Crippen molar-refractivity contribution in [3.05, 3.63) is 0 Å². The summed E-state index contributed by atoms with van der Waals surface area (Å²) in [7, 11) is 5.50. The molecule has 7 heteroatoms. The van der Waals surface area contributed by atoms with Crippen molar-refractivity contribution in [1.29, 1.82) is 0 Å². The Bertz CT molecular complexity index is 343. The molecule has 90 valence electrons. The first-order valence-electron chi connectivity index (χ1n) is 4.98. The third-order valence-electron chi connectivity index (χ3n) is 2.25. The molecule has 0 aliphatic rings. The summed E-state index contributed by atoms with van der Waals surface area (Å²) in [6.07, 6.45) is 0. The minimum atomic E-state index is 0.145. The van der Waals surface area contributed by atoms with Crippen molar-refractivity contribution < 1.29 is 4.74 Å². The van der Waals surface area contributed by atoms with Crippen LogP contribution < -0.4 is 15.8 Å². The van der Waals surface area contributed by atoms with Gasteiger partial charge in [-0.05, 0) is 21.0 Å². The Labute approximate surface area is 95.0 Å². The van der Waals surface area contributed by atoms with E-state index in [1.54, 1.807) is 0 Å². The molecule has 1 aromatic rings. The van der Waals surface area contributed by atoms with Crippen molar-refractivity contribution >= 4 is 11.9 Å². The lowest BCUT2D eigenvalue weighted by Crippen LogP contribution is -2.32. The minimum Gasteiger partial charge on any atom is -0.467 e. The summed E-state index contributed by atoms with van der Waals surface area (Å²) < 4.78 is 4.90. The van der Waals surface area contributed by atoms with Crippen LogP contribution in [0, 0.1) is 0 Å². The van der Waals surface area contributed by atoms with Gasteiger partial charge in [-0.2, -0.15) is 15.0 Å². The van der Waals surface area contributed by atoms with Crippen LogP contribution in [0.1, 0.15) is 6.92 Å². The predicted octanol–water partition coefficient (Wildman–Crippen LogP) is -0.176. The molecule has 0 saturated heterocycles. The first-order valence-corrected chi connectivity index (χ1v) is 4.98. The highest BCUT2D eigenvalue weighted by Crippen LogP contribution is 2.08. The molecule has 1 rings (SSSR count). The molecular formula is C9H18N6O. The molecule has 0 saturated carbocycles. The smallest absolute Gasteiger partial charge is 0.322 e. The first-order chi connectivity index (χ1) is 7.52. The van der Waals surface area contributed by atoms with Crippen LogP contribution in [-0.2, 0) is 0 Å². The van der Waals surface area contributed by atoms with Crippen molar-refractivity contribution in [1.82, 2.24) is 19.9 Å². The summed E-state index contributed by atoms with van der Waals surface area (Å²) in [5.41, 5.74) is 5.51. The standard InChI is InChI=1S/C9H18N6O/c1-6(15(2)3)5-11-8-12-7(10)13-9(14-8)16-4/h6H,5H2,1-4H3,(H3,10,11,12,13,14). The summed E-state index contributed by atoms with van der Waals surface area (Å²) in [5, 5.41) is 3.08. The summed E-state index contributed by atoms with van der Waals surface area (Å²) in [4.78, 5) is 13.9. The molecule has 0 fully saturated rings. The Kier molecular flexibility index (Phi) is 4.24. The molecule has 1 heterocycles. The number of hydrogen-bond acceptors (Lipinski definition) is 7. The monoisotopic (exact) mass is 226 g/mol. The number of hydrogen-bond donors (Lipinski definition) is 2. The quantitative estimate of drug-likeness (QED) is 0.720. The summed E-state index contributed by atoms with van der Waals surface area (Å²) >= 11 is 0. The molecule has 1 atom stereocenters. The van der Waals surface area contributed by atoms with E-state index in [1.807, 2.05) is 14.1 Å². The van der Waals surface area contributed by atoms with Crippen LogP contribution >= 0.6 is 0 Å². The largest absolute Gasteiger partial charge is 0.467 e. The number of nitrogens with zero attached hydrogens (tertiary/aromatic N) is 4. The van der Waals surface area contributed by atoms with Gasteiger partial charge in [-0.15, -0.1) is 0 Å². The topological polar surface area (TPSA) is 89.2 Å². The lowest BCUT2D eigenvalue weighted by molar-refractivity contribution is 0.325. The van der Waals surface area contributed by atoms with Gasteiger partial charge in [-0.1, -0.05) is 0 Å². The van der Waals surface area contributed by atoms with Crippen LogP contribution in [0.15, 0.2) is 0 Å². The zero-order valence-electron chi connectivity index (χ0n) is 10.1. The number of methoxy groups -OCH3 is 1. The maximum Gasteiger partial charge on any atom is 0.322 e. The van der Waals surface area contributed by atoms with E-state index in [1.165, 1.54) is 7.11 Å². The fraction of sp³-hybridized carbons (Fsp3) is 0.667. The second kappa shape index (κ2) is 5.45. The van der Waals surface area contributed by atoms with E-state index in [-0.39, 0.29) is 12.0 Å². The van der Waals surface area contributed by atoms with Crippen LogP contribution in [0.4, 0.5) is 11.9 Å². The van der Waals surface area contributed by atoms with Gasteiger partial charge in [0.15, 0.2) is 0 Å². The van der Waals surface area contributed by atoms with Gasteiger partial charge in [0.1, 0.15) is 0 Å². The predicted molar refractivity (Wildman–Crippen MR) is 62.4 cm³/mol. The number of nitrogen functional groups attached to an aromatic ring is 1. The molecule has 0 aromatic carbocycles. The fourth-order valence-electron chi connectivity index (χ4n) is 0.964. The Balaban J connectivity index is 2.63. The summed E-state index contributed by atoms with van der Waals surface area (Å²) in [6.45, 7) is 2.81. The van der Waals surface area contributed by atoms with Crippen molar-refractivity contribution in [3.63, 3.8) is 0 Å². The normalized spacial score (nSPS) is 12.6. The van der Waals surface area contributed by atoms with Gasteiger partial charge in [0, 0.05) is 12.6 Å². The van der Waals surface area contributed by atoms with E-state index in [4.69, 9.17) is 10.5 Å². The molecule has 16 heavy (non-hydrogen) atoms. The van der Waals surface area contributed by atoms with Crippen molar-refractivity contribution in [2.75, 3.05) is 38.8 Å². The van der Waals surface area contributed by atoms with Crippen molar-refractivity contribution in [2.24, 2.45) is 0 Å². The van der Waals surface area contributed by atoms with Gasteiger partial charge >= 0.3 is 6.01 Å². The number of nitrogens with two attached hydrogens (primary N) is 1. The van der Waals surface area contributed by atoms with Gasteiger partial charge in [-0.25, -0.2) is 0 Å². The van der Waals surface area contributed by atoms with Crippen LogP contribution in [0.2, 0.25) is 0 Å². The SMILES string of the molecule is COc1nc(N)nc(NCC(C)N(C)C)n1. The highest BCUT2D eigenvalue weighted by molar-refractivity contribution is 5.32. The molecule has 0 aliphatic heterocycles. The molecule has 0 bridgehead atoms. The summed E-state index contributed by atoms with van der Waals surface area (Å²) in [5.74, 6) is 0.574. The number of aromatic nitrogens is 3. The van der Waals surface area contributed by atoms with Crippen LogP contribution in [0.5, 0.6) is 6.01 Å². The third kappa shape index (κ3) is 3.50. The van der Waals surface area contributed by atoms with Gasteiger partial charge in [-0.3, -0.25) is 0 Å². The number of ether oxygens (including phenoxy) is 1. The van der Waals surface area contributed by atoms with Gasteiger partial charge in [0.25, 0.3) is 0 Å². The van der Waals surface area contributed by atoms with Crippen LogP contribution in [0.3, 0.4) is 0 Å². The van der Waals surface area contributed by atoms with Gasteiger partial charge < -0.3 is 20.7 Å². The molecule has 0 spiro atoms. The van der Waals surface area contributed by atoms with E-state index in [0.29, 0.717) is 12.0 Å². The second-order valence-corrected chi connectivity index (χ2v) is 3.70. The van der Waals surface area contributed by atoms with Gasteiger partial charge in [0.2, 0.25) is 11.9 Å². The Morgan fingerprint density at radius 3 is 2.62 bits per heavy atom. The first kappa shape index (κ1) is 12.4. The third-order valence-corrected chi connectivity index (χ3v) is 2.25. The van der Waals surface area contributed by atoms with E-state index < -0.39 is 0 Å². The molecule has 1 unspecified atom stereocenters. The Morgan fingerprint density at radius 1 is 1.38 bits per heavy atom. The van der Waals surface area contributed by atoms with Crippen LogP contribution in [0.25, 0.3) is 0 Å². The Morgan fingerprint density at radius 2 is 2.06 bits per heavy atom. The molecule has 1 aromatic heterocycles. The number of rotatable bonds is 5.